The lowest BCUT2D eigenvalue weighted by Crippen LogP contribution is -2.09. The second-order valence-corrected chi connectivity index (χ2v) is 19.6. The number of primary amides is 2. The molecule has 0 fully saturated rings. The summed E-state index contributed by atoms with van der Waals surface area (Å²) in [5.41, 5.74) is 10.5. The van der Waals surface area contributed by atoms with Gasteiger partial charge in [-0.05, 0) is 43.4 Å². The average molecular weight is 866 g/mol. The maximum Gasteiger partial charge on any atom is 0.217 e. The summed E-state index contributed by atoms with van der Waals surface area (Å²) in [6, 6.07) is 0. The fourth-order valence-corrected chi connectivity index (χ4v) is 9.23. The molecule has 2 amide bonds. The first kappa shape index (κ1) is 60.1. The van der Waals surface area contributed by atoms with Crippen LogP contribution in [-0.4, -0.2) is 11.8 Å². The van der Waals surface area contributed by atoms with Gasteiger partial charge in [0.1, 0.15) is 0 Å². The number of nitrogens with two attached hydrogens (primary N) is 2. The normalized spacial score (nSPS) is 11.1. The van der Waals surface area contributed by atoms with Crippen molar-refractivity contribution in [2.24, 2.45) is 17.4 Å². The molecule has 0 aromatic carbocycles. The van der Waals surface area contributed by atoms with Gasteiger partial charge >= 0.3 is 0 Å². The lowest BCUT2D eigenvalue weighted by atomic mass is 9.89. The largest absolute Gasteiger partial charge is 0.370 e. The molecule has 0 spiro atoms. The number of hydrogen-bond acceptors (Lipinski definition) is 2. The molecule has 0 bridgehead atoms. The lowest BCUT2D eigenvalue weighted by Gasteiger charge is -2.17. The Bertz CT molecular complexity index is 999. The minimum atomic E-state index is -0.152. The molecule has 0 aliphatic rings. The zero-order chi connectivity index (χ0) is 44.9. The highest BCUT2D eigenvalue weighted by Crippen LogP contribution is 2.25. The summed E-state index contributed by atoms with van der Waals surface area (Å²) < 4.78 is 0. The molecule has 0 radical (unpaired) electrons. The molecular formula is C58H108N2O2. The van der Waals surface area contributed by atoms with E-state index in [1.54, 1.807) is 0 Å². The Morgan fingerprint density at radius 1 is 0.306 bits per heavy atom. The highest BCUT2D eigenvalue weighted by molar-refractivity contribution is 5.73. The van der Waals surface area contributed by atoms with Gasteiger partial charge in [-0.1, -0.05) is 288 Å². The fourth-order valence-electron chi connectivity index (χ4n) is 9.23. The van der Waals surface area contributed by atoms with E-state index in [-0.39, 0.29) is 11.8 Å². The summed E-state index contributed by atoms with van der Waals surface area (Å²) in [6.07, 6.45) is 65.9. The van der Waals surface area contributed by atoms with Gasteiger partial charge in [-0.15, -0.1) is 0 Å². The van der Waals surface area contributed by atoms with Crippen LogP contribution in [0.5, 0.6) is 0 Å². The molecule has 4 heteroatoms. The smallest absolute Gasteiger partial charge is 0.217 e. The Morgan fingerprint density at radius 3 is 0.758 bits per heavy atom. The Balaban J connectivity index is 4.07. The maximum atomic E-state index is 10.8. The van der Waals surface area contributed by atoms with Gasteiger partial charge in [-0.2, -0.15) is 0 Å². The molecule has 0 unspecified atom stereocenters. The second-order valence-electron chi connectivity index (χ2n) is 19.6. The molecule has 62 heavy (non-hydrogen) atoms. The van der Waals surface area contributed by atoms with Crippen LogP contribution in [-0.2, 0) is 9.59 Å². The van der Waals surface area contributed by atoms with Crippen LogP contribution >= 0.6 is 0 Å². The minimum Gasteiger partial charge on any atom is -0.370 e. The maximum absolute atomic E-state index is 10.8. The van der Waals surface area contributed by atoms with Crippen LogP contribution in [0.3, 0.4) is 0 Å². The summed E-state index contributed by atoms with van der Waals surface area (Å²) in [4.78, 5) is 21.7. The standard InChI is InChI=1S/C58H108N2O2/c1-2-3-4-5-6-7-8-9-10-11-12-13-16-21-26-31-36-41-46-51-56(52-47-42-37-32-27-22-17-14-19-24-29-34-39-44-49-54-57(59)61)53-48-43-38-33-28-23-18-15-20-25-30-35-40-45-50-55-58(60)62/h56H,2-9,14-55H2,1H3,(H2,59,61)(H2,60,62). The number of amides is 2. The molecule has 0 saturated carbocycles. The number of rotatable bonds is 51. The van der Waals surface area contributed by atoms with Crippen LogP contribution in [0.25, 0.3) is 0 Å². The predicted octanol–water partition coefficient (Wildman–Crippen LogP) is 18.1. The fraction of sp³-hybridized carbons (Fsp3) is 0.897. The van der Waals surface area contributed by atoms with E-state index >= 15 is 0 Å². The van der Waals surface area contributed by atoms with Crippen molar-refractivity contribution in [2.75, 3.05) is 0 Å². The number of unbranched alkanes of at least 4 members (excludes halogenated alkanes) is 41. The molecule has 362 valence electrons. The third kappa shape index (κ3) is 54.2. The molecule has 0 saturated heterocycles. The number of carbonyl (C=O) groups is 2. The predicted molar refractivity (Wildman–Crippen MR) is 274 cm³/mol. The van der Waals surface area contributed by atoms with E-state index in [0.717, 1.165) is 44.4 Å². The van der Waals surface area contributed by atoms with E-state index in [0.29, 0.717) is 12.8 Å². The molecule has 0 aromatic heterocycles. The van der Waals surface area contributed by atoms with E-state index in [1.807, 2.05) is 0 Å². The second kappa shape index (κ2) is 53.4. The van der Waals surface area contributed by atoms with E-state index in [9.17, 15) is 9.59 Å². The van der Waals surface area contributed by atoms with Gasteiger partial charge in [0.05, 0.1) is 0 Å². The van der Waals surface area contributed by atoms with Gasteiger partial charge in [0.2, 0.25) is 11.8 Å². The summed E-state index contributed by atoms with van der Waals surface area (Å²) >= 11 is 0. The molecule has 0 atom stereocenters. The monoisotopic (exact) mass is 865 g/mol. The van der Waals surface area contributed by atoms with E-state index in [4.69, 9.17) is 11.5 Å². The van der Waals surface area contributed by atoms with Crippen molar-refractivity contribution < 1.29 is 9.59 Å². The van der Waals surface area contributed by atoms with E-state index in [2.05, 4.69) is 30.6 Å². The zero-order valence-electron chi connectivity index (χ0n) is 41.9. The average Bonchev–Trinajstić information content (AvgIpc) is 3.26. The highest BCUT2D eigenvalue weighted by Gasteiger charge is 2.09. The Morgan fingerprint density at radius 2 is 0.516 bits per heavy atom. The molecule has 0 aliphatic carbocycles. The molecule has 0 rings (SSSR count). The molecule has 0 aliphatic heterocycles. The quantitative estimate of drug-likeness (QED) is 0.0471. The first-order valence-corrected chi connectivity index (χ1v) is 28.1. The van der Waals surface area contributed by atoms with E-state index < -0.39 is 0 Å². The number of hydrogen-bond donors (Lipinski definition) is 2. The van der Waals surface area contributed by atoms with Crippen molar-refractivity contribution in [1.82, 2.24) is 0 Å². The SMILES string of the molecule is CCCCCCCCCC#CC#CCCCCCCCCC(CCCCCCCCCCCCCCCCCC(N)=O)CCCCCCCCCCCCCCCCCC(N)=O. The molecular weight excluding hydrogens is 757 g/mol. The molecule has 4 nitrogen and oxygen atoms in total. The van der Waals surface area contributed by atoms with Crippen LogP contribution in [0, 0.1) is 29.6 Å². The summed E-state index contributed by atoms with van der Waals surface area (Å²) in [5, 5.41) is 0. The number of carbonyl (C=O) groups excluding carboxylic acids is 2. The van der Waals surface area contributed by atoms with Crippen LogP contribution < -0.4 is 11.5 Å². The molecule has 4 N–H and O–H groups in total. The van der Waals surface area contributed by atoms with Crippen LogP contribution in [0.15, 0.2) is 0 Å². The lowest BCUT2D eigenvalue weighted by molar-refractivity contribution is -0.119. The highest BCUT2D eigenvalue weighted by atomic mass is 16.1. The molecule has 0 aromatic rings. The van der Waals surface area contributed by atoms with Crippen molar-refractivity contribution in [3.8, 4) is 23.7 Å². The van der Waals surface area contributed by atoms with E-state index in [1.165, 1.54) is 270 Å². The van der Waals surface area contributed by atoms with Crippen LogP contribution in [0.1, 0.15) is 328 Å². The van der Waals surface area contributed by atoms with Crippen LogP contribution in [0.4, 0.5) is 0 Å². The van der Waals surface area contributed by atoms with Gasteiger partial charge in [0.15, 0.2) is 0 Å². The zero-order valence-corrected chi connectivity index (χ0v) is 41.9. The van der Waals surface area contributed by atoms with Gasteiger partial charge in [-0.25, -0.2) is 0 Å². The van der Waals surface area contributed by atoms with Gasteiger partial charge in [-0.3, -0.25) is 9.59 Å². The first-order chi connectivity index (χ1) is 30.6. The Labute approximate surface area is 389 Å². The summed E-state index contributed by atoms with van der Waals surface area (Å²) in [5.74, 6) is 13.4. The van der Waals surface area contributed by atoms with Crippen LogP contribution in [0.2, 0.25) is 0 Å². The van der Waals surface area contributed by atoms with Crippen molar-refractivity contribution >= 4 is 11.8 Å². The topological polar surface area (TPSA) is 86.2 Å². The third-order valence-corrected chi connectivity index (χ3v) is 13.4. The third-order valence-electron chi connectivity index (χ3n) is 13.4. The molecule has 0 heterocycles. The van der Waals surface area contributed by atoms with Crippen molar-refractivity contribution in [3.05, 3.63) is 0 Å². The summed E-state index contributed by atoms with van der Waals surface area (Å²) in [6.45, 7) is 2.28. The minimum absolute atomic E-state index is 0.152. The van der Waals surface area contributed by atoms with Crippen molar-refractivity contribution in [1.29, 1.82) is 0 Å². The summed E-state index contributed by atoms with van der Waals surface area (Å²) in [7, 11) is 0. The van der Waals surface area contributed by atoms with Crippen molar-refractivity contribution in [3.63, 3.8) is 0 Å². The Kier molecular flexibility index (Phi) is 51.7. The van der Waals surface area contributed by atoms with Gasteiger partial charge < -0.3 is 11.5 Å². The van der Waals surface area contributed by atoms with Gasteiger partial charge in [0, 0.05) is 25.7 Å². The first-order valence-electron chi connectivity index (χ1n) is 28.1. The van der Waals surface area contributed by atoms with Gasteiger partial charge in [0.25, 0.3) is 0 Å². The van der Waals surface area contributed by atoms with Crippen molar-refractivity contribution in [2.45, 2.75) is 328 Å². The Hall–Kier alpha value is -1.94.